The van der Waals surface area contributed by atoms with Gasteiger partial charge in [-0.2, -0.15) is 0 Å². The zero-order valence-electron chi connectivity index (χ0n) is 12.0. The minimum atomic E-state index is -0.412. The summed E-state index contributed by atoms with van der Waals surface area (Å²) < 4.78 is 0. The van der Waals surface area contributed by atoms with Crippen molar-refractivity contribution >= 4 is 0 Å². The predicted molar refractivity (Wildman–Crippen MR) is 79.1 cm³/mol. The summed E-state index contributed by atoms with van der Waals surface area (Å²) in [5.41, 5.74) is 0.989. The number of hydrogen-bond acceptors (Lipinski definition) is 3. The lowest BCUT2D eigenvalue weighted by Crippen LogP contribution is -2.44. The van der Waals surface area contributed by atoms with Crippen molar-refractivity contribution in [1.82, 2.24) is 10.2 Å². The quantitative estimate of drug-likeness (QED) is 0.852. The van der Waals surface area contributed by atoms with Crippen LogP contribution in [0.25, 0.3) is 0 Å². The molecule has 0 aromatic heterocycles. The molecule has 1 heterocycles. The number of piperidine rings is 1. The molecule has 19 heavy (non-hydrogen) atoms. The van der Waals surface area contributed by atoms with Crippen LogP contribution >= 0.6 is 0 Å². The highest BCUT2D eigenvalue weighted by Crippen LogP contribution is 2.19. The van der Waals surface area contributed by atoms with E-state index in [1.165, 1.54) is 19.4 Å². The molecule has 2 N–H and O–H groups in total. The molecule has 1 fully saturated rings. The van der Waals surface area contributed by atoms with E-state index in [9.17, 15) is 5.11 Å². The molecule has 0 spiro atoms. The van der Waals surface area contributed by atoms with Crippen molar-refractivity contribution in [3.05, 3.63) is 35.9 Å². The average Bonchev–Trinajstić information content (AvgIpc) is 2.45. The molecule has 0 saturated carbocycles. The Morgan fingerprint density at radius 3 is 2.79 bits per heavy atom. The van der Waals surface area contributed by atoms with Gasteiger partial charge in [-0.15, -0.1) is 0 Å². The first kappa shape index (κ1) is 14.5. The van der Waals surface area contributed by atoms with Crippen LogP contribution in [0.4, 0.5) is 0 Å². The Bertz CT molecular complexity index is 368. The topological polar surface area (TPSA) is 35.5 Å². The van der Waals surface area contributed by atoms with Crippen molar-refractivity contribution in [3.63, 3.8) is 0 Å². The zero-order chi connectivity index (χ0) is 13.7. The van der Waals surface area contributed by atoms with Gasteiger partial charge in [-0.3, -0.25) is 0 Å². The number of aliphatic hydroxyl groups is 1. The number of aliphatic hydroxyl groups excluding tert-OH is 1. The Balaban J connectivity index is 1.78. The molecule has 0 aliphatic carbocycles. The second-order valence-electron chi connectivity index (χ2n) is 5.79. The van der Waals surface area contributed by atoms with Gasteiger partial charge < -0.3 is 15.3 Å². The first-order valence-corrected chi connectivity index (χ1v) is 7.31. The summed E-state index contributed by atoms with van der Waals surface area (Å²) >= 11 is 0. The van der Waals surface area contributed by atoms with Crippen LogP contribution in [0.5, 0.6) is 0 Å². The molecule has 0 bridgehead atoms. The van der Waals surface area contributed by atoms with E-state index < -0.39 is 6.10 Å². The van der Waals surface area contributed by atoms with Crippen molar-refractivity contribution in [2.75, 3.05) is 26.7 Å². The molecule has 3 heteroatoms. The summed E-state index contributed by atoms with van der Waals surface area (Å²) in [6, 6.07) is 10.3. The Kier molecular flexibility index (Phi) is 5.37. The molecule has 1 aromatic rings. The van der Waals surface area contributed by atoms with E-state index in [-0.39, 0.29) is 0 Å². The SMILES string of the molecule is CC(NCC(O)c1ccccc1)C1CCCN(C)C1. The van der Waals surface area contributed by atoms with Gasteiger partial charge >= 0.3 is 0 Å². The lowest BCUT2D eigenvalue weighted by molar-refractivity contribution is 0.145. The summed E-state index contributed by atoms with van der Waals surface area (Å²) in [6.45, 7) is 5.25. The van der Waals surface area contributed by atoms with Crippen LogP contribution in [0.15, 0.2) is 30.3 Å². The number of nitrogens with one attached hydrogen (secondary N) is 1. The van der Waals surface area contributed by atoms with Crippen molar-refractivity contribution in [2.45, 2.75) is 31.9 Å². The molecule has 3 nitrogen and oxygen atoms in total. The lowest BCUT2D eigenvalue weighted by atomic mass is 9.91. The highest BCUT2D eigenvalue weighted by molar-refractivity contribution is 5.17. The maximum absolute atomic E-state index is 10.1. The number of rotatable bonds is 5. The molecule has 1 aliphatic heterocycles. The van der Waals surface area contributed by atoms with Crippen LogP contribution in [-0.4, -0.2) is 42.7 Å². The second kappa shape index (κ2) is 7.04. The molecule has 0 radical (unpaired) electrons. The molecular formula is C16H26N2O. The maximum Gasteiger partial charge on any atom is 0.0914 e. The number of hydrogen-bond donors (Lipinski definition) is 2. The molecule has 1 aliphatic rings. The normalized spacial score (nSPS) is 24.1. The van der Waals surface area contributed by atoms with Crippen LogP contribution in [0.1, 0.15) is 31.4 Å². The van der Waals surface area contributed by atoms with Gasteiger partial charge in [0, 0.05) is 19.1 Å². The van der Waals surface area contributed by atoms with Gasteiger partial charge in [-0.05, 0) is 44.8 Å². The van der Waals surface area contributed by atoms with Gasteiger partial charge in [0.15, 0.2) is 0 Å². The Morgan fingerprint density at radius 1 is 1.37 bits per heavy atom. The van der Waals surface area contributed by atoms with Crippen LogP contribution < -0.4 is 5.32 Å². The number of likely N-dealkylation sites (tertiary alicyclic amines) is 1. The first-order valence-electron chi connectivity index (χ1n) is 7.31. The first-order chi connectivity index (χ1) is 9.16. The third-order valence-corrected chi connectivity index (χ3v) is 4.19. The van der Waals surface area contributed by atoms with E-state index in [0.29, 0.717) is 18.5 Å². The summed E-state index contributed by atoms with van der Waals surface area (Å²) in [6.07, 6.45) is 2.17. The van der Waals surface area contributed by atoms with Crippen molar-refractivity contribution < 1.29 is 5.11 Å². The third kappa shape index (κ3) is 4.30. The van der Waals surface area contributed by atoms with Gasteiger partial charge in [0.05, 0.1) is 6.10 Å². The molecular weight excluding hydrogens is 236 g/mol. The van der Waals surface area contributed by atoms with E-state index in [1.807, 2.05) is 30.3 Å². The fourth-order valence-corrected chi connectivity index (χ4v) is 2.87. The van der Waals surface area contributed by atoms with Crippen molar-refractivity contribution in [1.29, 1.82) is 0 Å². The van der Waals surface area contributed by atoms with Gasteiger partial charge in [0.25, 0.3) is 0 Å². The van der Waals surface area contributed by atoms with Crippen LogP contribution in [0, 0.1) is 5.92 Å². The molecule has 106 valence electrons. The van der Waals surface area contributed by atoms with Gasteiger partial charge in [0.2, 0.25) is 0 Å². The smallest absolute Gasteiger partial charge is 0.0914 e. The average molecular weight is 262 g/mol. The molecule has 3 atom stereocenters. The molecule has 0 amide bonds. The van der Waals surface area contributed by atoms with Crippen LogP contribution in [0.2, 0.25) is 0 Å². The molecule has 1 saturated heterocycles. The highest BCUT2D eigenvalue weighted by atomic mass is 16.3. The number of benzene rings is 1. The minimum Gasteiger partial charge on any atom is -0.387 e. The van der Waals surface area contributed by atoms with Gasteiger partial charge in [0.1, 0.15) is 0 Å². The fraction of sp³-hybridized carbons (Fsp3) is 0.625. The van der Waals surface area contributed by atoms with E-state index in [2.05, 4.69) is 24.2 Å². The van der Waals surface area contributed by atoms with Crippen LogP contribution in [-0.2, 0) is 0 Å². The second-order valence-corrected chi connectivity index (χ2v) is 5.79. The summed E-state index contributed by atoms with van der Waals surface area (Å²) in [4.78, 5) is 2.40. The summed E-state index contributed by atoms with van der Waals surface area (Å²) in [7, 11) is 2.19. The third-order valence-electron chi connectivity index (χ3n) is 4.19. The Labute approximate surface area is 116 Å². The standard InChI is InChI=1S/C16H26N2O/c1-13(15-9-6-10-18(2)12-15)17-11-16(19)14-7-4-3-5-8-14/h3-5,7-8,13,15-17,19H,6,9-12H2,1-2H3. The lowest BCUT2D eigenvalue weighted by Gasteiger charge is -2.34. The van der Waals surface area contributed by atoms with E-state index >= 15 is 0 Å². The van der Waals surface area contributed by atoms with Crippen LogP contribution in [0.3, 0.4) is 0 Å². The van der Waals surface area contributed by atoms with Gasteiger partial charge in [-0.1, -0.05) is 30.3 Å². The molecule has 3 unspecified atom stereocenters. The summed E-state index contributed by atoms with van der Waals surface area (Å²) in [5.74, 6) is 0.696. The fourth-order valence-electron chi connectivity index (χ4n) is 2.87. The molecule has 2 rings (SSSR count). The molecule has 1 aromatic carbocycles. The monoisotopic (exact) mass is 262 g/mol. The van der Waals surface area contributed by atoms with Crippen molar-refractivity contribution in [2.24, 2.45) is 5.92 Å². The summed E-state index contributed by atoms with van der Waals surface area (Å²) in [5, 5.41) is 13.6. The highest BCUT2D eigenvalue weighted by Gasteiger charge is 2.22. The van der Waals surface area contributed by atoms with Gasteiger partial charge in [-0.25, -0.2) is 0 Å². The van der Waals surface area contributed by atoms with Crippen molar-refractivity contribution in [3.8, 4) is 0 Å². The van der Waals surface area contributed by atoms with E-state index in [4.69, 9.17) is 0 Å². The zero-order valence-corrected chi connectivity index (χ0v) is 12.0. The van der Waals surface area contributed by atoms with E-state index in [0.717, 1.165) is 12.1 Å². The Morgan fingerprint density at radius 2 is 2.11 bits per heavy atom. The maximum atomic E-state index is 10.1. The number of nitrogens with zero attached hydrogens (tertiary/aromatic N) is 1. The minimum absolute atomic E-state index is 0.412. The largest absolute Gasteiger partial charge is 0.387 e. The Hall–Kier alpha value is -0.900. The predicted octanol–water partition coefficient (Wildman–Crippen LogP) is 2.04. The van der Waals surface area contributed by atoms with E-state index in [1.54, 1.807) is 0 Å².